The average Bonchev–Trinajstić information content (AvgIpc) is 3.09. The summed E-state index contributed by atoms with van der Waals surface area (Å²) in [5, 5.41) is 0.852. The van der Waals surface area contributed by atoms with E-state index in [1.54, 1.807) is 33.2 Å². The van der Waals surface area contributed by atoms with E-state index in [0.29, 0.717) is 12.2 Å². The van der Waals surface area contributed by atoms with Gasteiger partial charge in [-0.05, 0) is 49.1 Å². The van der Waals surface area contributed by atoms with Crippen molar-refractivity contribution in [1.82, 2.24) is 14.5 Å². The van der Waals surface area contributed by atoms with Crippen molar-refractivity contribution in [3.63, 3.8) is 0 Å². The van der Waals surface area contributed by atoms with Gasteiger partial charge in [0.05, 0.1) is 22.1 Å². The van der Waals surface area contributed by atoms with Gasteiger partial charge in [-0.1, -0.05) is 20.4 Å². The molecule has 0 aliphatic rings. The van der Waals surface area contributed by atoms with Crippen molar-refractivity contribution in [3.8, 4) is 0 Å². The van der Waals surface area contributed by atoms with E-state index in [-0.39, 0.29) is 30.5 Å². The summed E-state index contributed by atoms with van der Waals surface area (Å²) in [6.07, 6.45) is -7.56. The third kappa shape index (κ3) is 5.48. The van der Waals surface area contributed by atoms with Crippen molar-refractivity contribution in [2.75, 3.05) is 0 Å². The number of hydrogen-bond acceptors (Lipinski definition) is 3. The van der Waals surface area contributed by atoms with Crippen LogP contribution >= 0.6 is 0 Å². The van der Waals surface area contributed by atoms with Gasteiger partial charge in [-0.15, -0.1) is 0 Å². The molecular weight excluding hydrogens is 458 g/mol. The second kappa shape index (κ2) is 9.60. The van der Waals surface area contributed by atoms with Crippen LogP contribution in [0.25, 0.3) is 21.9 Å². The number of aromatic nitrogens is 3. The molecule has 0 N–H and O–H groups in total. The Hall–Kier alpha value is -3.17. The normalized spacial score (nSPS) is 14.7. The summed E-state index contributed by atoms with van der Waals surface area (Å²) < 4.78 is 80.8. The highest BCUT2D eigenvalue weighted by Crippen LogP contribution is 2.33. The molecule has 0 fully saturated rings. The zero-order valence-corrected chi connectivity index (χ0v) is 18.9. The lowest BCUT2D eigenvalue weighted by atomic mass is 9.98. The van der Waals surface area contributed by atoms with Crippen LogP contribution in [0.5, 0.6) is 0 Å². The van der Waals surface area contributed by atoms with E-state index in [1.807, 2.05) is 22.8 Å². The van der Waals surface area contributed by atoms with Crippen molar-refractivity contribution in [2.24, 2.45) is 18.0 Å². The Morgan fingerprint density at radius 1 is 1.15 bits per heavy atom. The number of hydrogen-bond donors (Lipinski definition) is 0. The number of imidazole rings is 1. The number of allylic oxidation sites excluding steroid dienone is 3. The molecule has 4 nitrogen and oxygen atoms in total. The highest BCUT2D eigenvalue weighted by molar-refractivity contribution is 6.02. The molecule has 34 heavy (non-hydrogen) atoms. The van der Waals surface area contributed by atoms with Crippen LogP contribution in [0.4, 0.5) is 26.3 Å². The average molecular weight is 482 g/mol. The Morgan fingerprint density at radius 2 is 1.85 bits per heavy atom. The quantitative estimate of drug-likeness (QED) is 0.205. The molecule has 2 aromatic heterocycles. The SMILES string of the molecule is C=C(/C=C(\N=C(\CCc1nc2c3cccnc3ccc2n1C)C(C)CC)C(F)(F)F)C(F)(F)F. The molecule has 1 atom stereocenters. The molecule has 0 amide bonds. The monoisotopic (exact) mass is 482 g/mol. The van der Waals surface area contributed by atoms with Crippen molar-refractivity contribution < 1.29 is 26.3 Å². The van der Waals surface area contributed by atoms with E-state index in [4.69, 9.17) is 0 Å². The molecule has 1 aromatic carbocycles. The Labute approximate surface area is 192 Å². The molecule has 10 heteroatoms. The maximum absolute atomic E-state index is 13.5. The highest BCUT2D eigenvalue weighted by atomic mass is 19.4. The molecule has 0 radical (unpaired) electrons. The summed E-state index contributed by atoms with van der Waals surface area (Å²) in [6, 6.07) is 7.42. The first-order chi connectivity index (χ1) is 15.8. The van der Waals surface area contributed by atoms with E-state index in [1.165, 1.54) is 0 Å². The van der Waals surface area contributed by atoms with Gasteiger partial charge in [0.1, 0.15) is 11.5 Å². The van der Waals surface area contributed by atoms with Crippen LogP contribution in [0, 0.1) is 5.92 Å². The number of halogens is 6. The Bertz CT molecular complexity index is 1260. The third-order valence-electron chi connectivity index (χ3n) is 5.74. The molecule has 2 heterocycles. The predicted molar refractivity (Wildman–Crippen MR) is 121 cm³/mol. The number of alkyl halides is 6. The molecule has 0 saturated carbocycles. The molecule has 0 spiro atoms. The summed E-state index contributed by atoms with van der Waals surface area (Å²) in [7, 11) is 1.81. The summed E-state index contributed by atoms with van der Waals surface area (Å²) >= 11 is 0. The van der Waals surface area contributed by atoms with Gasteiger partial charge in [-0.25, -0.2) is 4.98 Å². The first-order valence-electron chi connectivity index (χ1n) is 10.6. The fourth-order valence-corrected chi connectivity index (χ4v) is 3.55. The smallest absolute Gasteiger partial charge is 0.331 e. The third-order valence-corrected chi connectivity index (χ3v) is 5.74. The first kappa shape index (κ1) is 25.5. The Balaban J connectivity index is 1.98. The van der Waals surface area contributed by atoms with Crippen molar-refractivity contribution in [3.05, 3.63) is 60.2 Å². The van der Waals surface area contributed by atoms with Gasteiger partial charge in [0.25, 0.3) is 0 Å². The lowest BCUT2D eigenvalue weighted by Gasteiger charge is -2.16. The van der Waals surface area contributed by atoms with Crippen LogP contribution in [0.2, 0.25) is 0 Å². The van der Waals surface area contributed by atoms with Crippen LogP contribution in [-0.4, -0.2) is 32.6 Å². The molecule has 0 aliphatic heterocycles. The predicted octanol–water partition coefficient (Wildman–Crippen LogP) is 7.11. The van der Waals surface area contributed by atoms with Gasteiger partial charge in [0.2, 0.25) is 0 Å². The van der Waals surface area contributed by atoms with E-state index < -0.39 is 23.6 Å². The lowest BCUT2D eigenvalue weighted by molar-refractivity contribution is -0.0959. The number of benzene rings is 1. The minimum atomic E-state index is -5.06. The fourth-order valence-electron chi connectivity index (χ4n) is 3.55. The molecule has 0 bridgehead atoms. The second-order valence-electron chi connectivity index (χ2n) is 8.05. The summed E-state index contributed by atoms with van der Waals surface area (Å²) in [5.74, 6) is 0.254. The largest absolute Gasteiger partial charge is 0.433 e. The maximum Gasteiger partial charge on any atom is 0.433 e. The summed E-state index contributed by atoms with van der Waals surface area (Å²) in [6.45, 7) is 6.19. The van der Waals surface area contributed by atoms with E-state index in [0.717, 1.165) is 21.9 Å². The summed E-state index contributed by atoms with van der Waals surface area (Å²) in [4.78, 5) is 12.6. The van der Waals surface area contributed by atoms with Crippen molar-refractivity contribution >= 4 is 27.6 Å². The standard InChI is InChI=1S/C24H24F6N4/c1-5-14(2)17(32-20(24(28,29)30)13-15(3)23(25,26)27)9-11-21-33-22-16-7-6-12-31-18(16)8-10-19(22)34(21)4/h6-8,10,12-14H,3,5,9,11H2,1-2,4H3/b20-13-,32-17-. The lowest BCUT2D eigenvalue weighted by Crippen LogP contribution is -2.19. The van der Waals surface area contributed by atoms with Gasteiger partial charge in [0.15, 0.2) is 0 Å². The molecule has 0 saturated heterocycles. The van der Waals surface area contributed by atoms with E-state index >= 15 is 0 Å². The van der Waals surface area contributed by atoms with Gasteiger partial charge in [-0.3, -0.25) is 9.98 Å². The van der Waals surface area contributed by atoms with E-state index in [2.05, 4.69) is 21.5 Å². The van der Waals surface area contributed by atoms with Gasteiger partial charge in [-0.2, -0.15) is 26.3 Å². The zero-order valence-electron chi connectivity index (χ0n) is 18.9. The molecule has 1 unspecified atom stereocenters. The molecule has 182 valence electrons. The zero-order chi connectivity index (χ0) is 25.3. The number of pyridine rings is 1. The van der Waals surface area contributed by atoms with Crippen LogP contribution < -0.4 is 0 Å². The number of fused-ring (bicyclic) bond motifs is 3. The van der Waals surface area contributed by atoms with E-state index in [9.17, 15) is 26.3 Å². The minimum absolute atomic E-state index is 0.0451. The maximum atomic E-state index is 13.5. The Morgan fingerprint density at radius 3 is 2.47 bits per heavy atom. The molecular formula is C24H24F6N4. The first-order valence-corrected chi connectivity index (χ1v) is 10.6. The topological polar surface area (TPSA) is 43.1 Å². The summed E-state index contributed by atoms with van der Waals surface area (Å²) in [5.41, 5.74) is -0.738. The van der Waals surface area contributed by atoms with Crippen LogP contribution in [0.1, 0.15) is 32.5 Å². The van der Waals surface area contributed by atoms with Crippen molar-refractivity contribution in [2.45, 2.75) is 45.5 Å². The van der Waals surface area contributed by atoms with Gasteiger partial charge in [0, 0.05) is 30.8 Å². The molecule has 0 aliphatic carbocycles. The minimum Gasteiger partial charge on any atom is -0.331 e. The highest BCUT2D eigenvalue weighted by Gasteiger charge is 2.38. The van der Waals surface area contributed by atoms with Crippen molar-refractivity contribution in [1.29, 1.82) is 0 Å². The fraction of sp³-hybridized carbons (Fsp3) is 0.375. The van der Waals surface area contributed by atoms with Gasteiger partial charge >= 0.3 is 12.4 Å². The number of nitrogens with zero attached hydrogens (tertiary/aromatic N) is 4. The molecule has 3 rings (SSSR count). The second-order valence-corrected chi connectivity index (χ2v) is 8.05. The number of aryl methyl sites for hydroxylation is 2. The number of rotatable bonds is 7. The van der Waals surface area contributed by atoms with Gasteiger partial charge < -0.3 is 4.57 Å². The Kier molecular flexibility index (Phi) is 7.18. The van der Waals surface area contributed by atoms with Crippen LogP contribution in [-0.2, 0) is 13.5 Å². The van der Waals surface area contributed by atoms with Crippen LogP contribution in [0.3, 0.4) is 0 Å². The molecule has 3 aromatic rings. The number of aliphatic imine (C=N–C) groups is 1. The van der Waals surface area contributed by atoms with Crippen LogP contribution in [0.15, 0.2) is 59.4 Å².